The number of carbonyl (C=O) groups is 1. The summed E-state index contributed by atoms with van der Waals surface area (Å²) in [6, 6.07) is 25.9. The first-order chi connectivity index (χ1) is 14.5. The fourth-order valence-corrected chi connectivity index (χ4v) is 4.46. The second-order valence-electron chi connectivity index (χ2n) is 7.32. The Bertz CT molecular complexity index is 992. The maximum atomic E-state index is 13.8. The van der Waals surface area contributed by atoms with E-state index >= 15 is 0 Å². The molecule has 154 valence electrons. The summed E-state index contributed by atoms with van der Waals surface area (Å²) in [5.74, 6) is -1.55. The van der Waals surface area contributed by atoms with Crippen LogP contribution in [-0.2, 0) is 0 Å². The van der Waals surface area contributed by atoms with E-state index in [9.17, 15) is 14.9 Å². The minimum Gasteiger partial charge on any atom is -0.294 e. The molecule has 0 N–H and O–H groups in total. The molecule has 0 aromatic heterocycles. The number of ketones is 1. The van der Waals surface area contributed by atoms with Crippen LogP contribution in [-0.4, -0.2) is 17.3 Å². The van der Waals surface area contributed by atoms with Gasteiger partial charge in [-0.3, -0.25) is 14.9 Å². The smallest absolute Gasteiger partial charge is 0.211 e. The topological polar surface area (TPSA) is 60.2 Å². The maximum Gasteiger partial charge on any atom is 0.211 e. The first-order valence-corrected chi connectivity index (χ1v) is 10.4. The molecule has 5 heteroatoms. The highest BCUT2D eigenvalue weighted by Crippen LogP contribution is 2.42. The van der Waals surface area contributed by atoms with Crippen LogP contribution in [0.5, 0.6) is 0 Å². The van der Waals surface area contributed by atoms with E-state index < -0.39 is 11.8 Å². The lowest BCUT2D eigenvalue weighted by Gasteiger charge is -2.31. The second-order valence-corrected chi connectivity index (χ2v) is 7.73. The number of hydrogen-bond donors (Lipinski definition) is 0. The summed E-state index contributed by atoms with van der Waals surface area (Å²) < 4.78 is 0. The molecule has 3 atom stereocenters. The summed E-state index contributed by atoms with van der Waals surface area (Å²) >= 11 is 6.46. The van der Waals surface area contributed by atoms with Crippen LogP contribution in [0.3, 0.4) is 0 Å². The van der Waals surface area contributed by atoms with Crippen molar-refractivity contribution in [2.45, 2.75) is 25.2 Å². The summed E-state index contributed by atoms with van der Waals surface area (Å²) in [4.78, 5) is 25.1. The van der Waals surface area contributed by atoms with Crippen LogP contribution in [0, 0.1) is 16.0 Å². The molecule has 0 amide bonds. The first kappa shape index (κ1) is 21.7. The van der Waals surface area contributed by atoms with E-state index in [0.717, 1.165) is 5.56 Å². The third-order valence-electron chi connectivity index (χ3n) is 5.55. The Hall–Kier alpha value is -2.98. The van der Waals surface area contributed by atoms with E-state index in [1.807, 2.05) is 61.5 Å². The van der Waals surface area contributed by atoms with Gasteiger partial charge in [0, 0.05) is 21.4 Å². The molecule has 0 bridgehead atoms. The number of Topliss-reactive ketones (excluding diaryl/α,β-unsaturated/α-hetero) is 1. The van der Waals surface area contributed by atoms with Crippen LogP contribution in [0.25, 0.3) is 0 Å². The van der Waals surface area contributed by atoms with Crippen molar-refractivity contribution >= 4 is 17.4 Å². The zero-order valence-electron chi connectivity index (χ0n) is 16.8. The van der Waals surface area contributed by atoms with Crippen LogP contribution in [0.1, 0.15) is 46.7 Å². The lowest BCUT2D eigenvalue weighted by molar-refractivity contribution is -0.484. The van der Waals surface area contributed by atoms with Crippen LogP contribution in [0.4, 0.5) is 0 Å². The van der Waals surface area contributed by atoms with E-state index in [4.69, 9.17) is 11.6 Å². The van der Waals surface area contributed by atoms with E-state index in [0.29, 0.717) is 22.6 Å². The van der Waals surface area contributed by atoms with Gasteiger partial charge in [-0.05, 0) is 29.5 Å². The Morgan fingerprint density at radius 1 is 0.900 bits per heavy atom. The fourth-order valence-electron chi connectivity index (χ4n) is 4.18. The van der Waals surface area contributed by atoms with Gasteiger partial charge in [-0.2, -0.15) is 0 Å². The third-order valence-corrected chi connectivity index (χ3v) is 5.89. The monoisotopic (exact) mass is 421 g/mol. The average Bonchev–Trinajstić information content (AvgIpc) is 2.77. The molecule has 0 fully saturated rings. The largest absolute Gasteiger partial charge is 0.294 e. The van der Waals surface area contributed by atoms with Crippen molar-refractivity contribution in [3.05, 3.63) is 117 Å². The summed E-state index contributed by atoms with van der Waals surface area (Å²) in [7, 11) is 0. The van der Waals surface area contributed by atoms with Gasteiger partial charge in [-0.1, -0.05) is 97.4 Å². The zero-order valence-corrected chi connectivity index (χ0v) is 17.5. The van der Waals surface area contributed by atoms with Crippen molar-refractivity contribution in [1.29, 1.82) is 0 Å². The lowest BCUT2D eigenvalue weighted by Crippen LogP contribution is -2.33. The molecule has 0 aliphatic heterocycles. The molecular weight excluding hydrogens is 398 g/mol. The van der Waals surface area contributed by atoms with Crippen LogP contribution >= 0.6 is 11.6 Å². The predicted molar refractivity (Wildman–Crippen MR) is 120 cm³/mol. The van der Waals surface area contributed by atoms with Gasteiger partial charge in [-0.25, -0.2) is 0 Å². The van der Waals surface area contributed by atoms with Crippen molar-refractivity contribution in [2.75, 3.05) is 6.54 Å². The minimum atomic E-state index is -0.647. The van der Waals surface area contributed by atoms with Crippen molar-refractivity contribution in [2.24, 2.45) is 5.92 Å². The molecule has 3 rings (SSSR count). The number of halogens is 1. The highest BCUT2D eigenvalue weighted by atomic mass is 35.5. The normalized spacial score (nSPS) is 13.9. The molecule has 0 saturated heterocycles. The maximum absolute atomic E-state index is 13.8. The Kier molecular flexibility index (Phi) is 7.36. The second kappa shape index (κ2) is 10.2. The molecule has 3 aromatic carbocycles. The van der Waals surface area contributed by atoms with Gasteiger partial charge >= 0.3 is 0 Å². The molecule has 0 aliphatic rings. The molecule has 0 heterocycles. The summed E-state index contributed by atoms with van der Waals surface area (Å²) in [6.45, 7) is 1.65. The molecule has 0 spiro atoms. The van der Waals surface area contributed by atoms with Crippen LogP contribution in [0.15, 0.2) is 84.9 Å². The molecule has 30 heavy (non-hydrogen) atoms. The van der Waals surface area contributed by atoms with Crippen molar-refractivity contribution < 1.29 is 9.72 Å². The SMILES string of the molecule is CC[C@@H](c1ccccc1)[C@@H](C(=O)c1ccccc1)[C@H](C[N+](=O)[O-])c1ccccc1Cl. The molecule has 0 saturated carbocycles. The summed E-state index contributed by atoms with van der Waals surface area (Å²) in [5.41, 5.74) is 2.19. The van der Waals surface area contributed by atoms with Gasteiger partial charge in [-0.15, -0.1) is 0 Å². The Morgan fingerprint density at radius 3 is 2.03 bits per heavy atom. The van der Waals surface area contributed by atoms with Gasteiger partial charge in [0.25, 0.3) is 0 Å². The molecule has 0 aliphatic carbocycles. The molecule has 3 aromatic rings. The van der Waals surface area contributed by atoms with Crippen LogP contribution < -0.4 is 0 Å². The predicted octanol–water partition coefficient (Wildman–Crippen LogP) is 6.39. The van der Waals surface area contributed by atoms with E-state index in [1.165, 1.54) is 0 Å². The quantitative estimate of drug-likeness (QED) is 0.228. The highest BCUT2D eigenvalue weighted by molar-refractivity contribution is 6.31. The Labute approximate surface area is 181 Å². The molecular formula is C25H24ClNO3. The fraction of sp³-hybridized carbons (Fsp3) is 0.240. The molecule has 0 radical (unpaired) electrons. The number of benzene rings is 3. The van der Waals surface area contributed by atoms with E-state index in [1.54, 1.807) is 30.3 Å². The highest BCUT2D eigenvalue weighted by Gasteiger charge is 2.40. The van der Waals surface area contributed by atoms with Crippen molar-refractivity contribution in [1.82, 2.24) is 0 Å². The first-order valence-electron chi connectivity index (χ1n) is 10.0. The number of carbonyl (C=O) groups excluding carboxylic acids is 1. The van der Waals surface area contributed by atoms with Gasteiger partial charge in [0.05, 0.1) is 5.92 Å². The number of nitrogens with zero attached hydrogens (tertiary/aromatic N) is 1. The number of rotatable bonds is 9. The number of hydrogen-bond acceptors (Lipinski definition) is 3. The Balaban J connectivity index is 2.18. The van der Waals surface area contributed by atoms with E-state index in [2.05, 4.69) is 0 Å². The number of nitro groups is 1. The molecule has 4 nitrogen and oxygen atoms in total. The van der Waals surface area contributed by atoms with Gasteiger partial charge in [0.15, 0.2) is 5.78 Å². The van der Waals surface area contributed by atoms with Gasteiger partial charge in [0.2, 0.25) is 6.54 Å². The van der Waals surface area contributed by atoms with Gasteiger partial charge in [0.1, 0.15) is 0 Å². The summed E-state index contributed by atoms with van der Waals surface area (Å²) in [6.07, 6.45) is 0.673. The average molecular weight is 422 g/mol. The standard InChI is InChI=1S/C25H24ClNO3/c1-2-20(18-11-5-3-6-12-18)24(25(28)19-13-7-4-8-14-19)22(17-27(29)30)21-15-9-10-16-23(21)26/h3-16,20,22,24H,2,17H2,1H3/t20-,22+,24+/m0/s1. The van der Waals surface area contributed by atoms with E-state index in [-0.39, 0.29) is 23.2 Å². The minimum absolute atomic E-state index is 0.0990. The zero-order chi connectivity index (χ0) is 21.5. The summed E-state index contributed by atoms with van der Waals surface area (Å²) in [5, 5.41) is 12.1. The van der Waals surface area contributed by atoms with Gasteiger partial charge < -0.3 is 0 Å². The molecule has 0 unspecified atom stereocenters. The van der Waals surface area contributed by atoms with Crippen LogP contribution in [0.2, 0.25) is 5.02 Å². The van der Waals surface area contributed by atoms with Crippen molar-refractivity contribution in [3.63, 3.8) is 0 Å². The third kappa shape index (κ3) is 4.95. The Morgan fingerprint density at radius 2 is 1.47 bits per heavy atom. The lowest BCUT2D eigenvalue weighted by atomic mass is 9.70. The van der Waals surface area contributed by atoms with Crippen molar-refractivity contribution in [3.8, 4) is 0 Å².